The molecule has 0 saturated heterocycles. The van der Waals surface area contributed by atoms with Crippen molar-refractivity contribution in [1.82, 2.24) is 4.40 Å². The average Bonchev–Trinajstić information content (AvgIpc) is 3.41. The largest absolute Gasteiger partial charge is 0.307 e. The summed E-state index contributed by atoms with van der Waals surface area (Å²) in [5.41, 5.74) is 3.98. The van der Waals surface area contributed by atoms with E-state index in [9.17, 15) is 0 Å². The molecule has 8 aromatic rings. The molecule has 29 heavy (non-hydrogen) atoms. The Bertz CT molecular complexity index is 1900. The summed E-state index contributed by atoms with van der Waals surface area (Å²) >= 11 is 0. The molecule has 0 bridgehead atoms. The van der Waals surface area contributed by atoms with Crippen molar-refractivity contribution >= 4 is 70.4 Å². The van der Waals surface area contributed by atoms with Gasteiger partial charge >= 0.3 is 0 Å². The summed E-state index contributed by atoms with van der Waals surface area (Å²) < 4.78 is 2.50. The molecular weight excluding hydrogens is 350 g/mol. The van der Waals surface area contributed by atoms with E-state index in [-0.39, 0.29) is 0 Å². The van der Waals surface area contributed by atoms with E-state index in [0.717, 1.165) is 0 Å². The molecule has 0 aliphatic carbocycles. The van der Waals surface area contributed by atoms with Gasteiger partial charge in [-0.3, -0.25) is 0 Å². The van der Waals surface area contributed by atoms with Gasteiger partial charge in [0.15, 0.2) is 0 Å². The number of rotatable bonds is 0. The molecule has 0 fully saturated rings. The Morgan fingerprint density at radius 3 is 1.76 bits per heavy atom. The van der Waals surface area contributed by atoms with Gasteiger partial charge in [0.05, 0.1) is 16.6 Å². The zero-order valence-electron chi connectivity index (χ0n) is 15.6. The summed E-state index contributed by atoms with van der Waals surface area (Å²) in [7, 11) is 0. The first-order chi connectivity index (χ1) is 14.4. The normalized spacial score (nSPS) is 12.8. The predicted octanol–water partition coefficient (Wildman–Crippen LogP) is 7.73. The van der Waals surface area contributed by atoms with E-state index in [0.29, 0.717) is 0 Å². The Hall–Kier alpha value is -3.84. The monoisotopic (exact) mass is 365 g/mol. The van der Waals surface area contributed by atoms with Gasteiger partial charge in [-0.1, -0.05) is 78.9 Å². The second-order valence-corrected chi connectivity index (χ2v) is 8.15. The SMILES string of the molecule is c1ccc2c(c1)c1cccc3c1c2cc1c2cccc4c5ccccc5n(c42)c13. The average molecular weight is 365 g/mol. The smallest absolute Gasteiger partial charge is 0.0620 e. The molecule has 2 heterocycles. The van der Waals surface area contributed by atoms with E-state index in [1.54, 1.807) is 0 Å². The fourth-order valence-electron chi connectivity index (χ4n) is 5.77. The highest BCUT2D eigenvalue weighted by Crippen LogP contribution is 2.46. The topological polar surface area (TPSA) is 4.41 Å². The van der Waals surface area contributed by atoms with Crippen LogP contribution in [0.3, 0.4) is 0 Å². The lowest BCUT2D eigenvalue weighted by Gasteiger charge is -2.04. The molecule has 0 atom stereocenters. The minimum Gasteiger partial charge on any atom is -0.307 e. The van der Waals surface area contributed by atoms with Gasteiger partial charge in [-0.25, -0.2) is 0 Å². The van der Waals surface area contributed by atoms with Crippen molar-refractivity contribution in [3.05, 3.63) is 91.0 Å². The minimum absolute atomic E-state index is 1.30. The van der Waals surface area contributed by atoms with Crippen molar-refractivity contribution in [2.75, 3.05) is 0 Å². The summed E-state index contributed by atoms with van der Waals surface area (Å²) in [6, 6.07) is 33.6. The van der Waals surface area contributed by atoms with E-state index < -0.39 is 0 Å². The summed E-state index contributed by atoms with van der Waals surface area (Å²) in [4.78, 5) is 0. The second kappa shape index (κ2) is 4.59. The van der Waals surface area contributed by atoms with E-state index in [2.05, 4.69) is 95.4 Å². The summed E-state index contributed by atoms with van der Waals surface area (Å²) in [5.74, 6) is 0. The minimum atomic E-state index is 1.30. The van der Waals surface area contributed by atoms with Gasteiger partial charge < -0.3 is 4.40 Å². The zero-order valence-corrected chi connectivity index (χ0v) is 15.6. The van der Waals surface area contributed by atoms with Crippen LogP contribution < -0.4 is 0 Å². The number of benzene rings is 5. The van der Waals surface area contributed by atoms with Crippen molar-refractivity contribution in [2.45, 2.75) is 0 Å². The van der Waals surface area contributed by atoms with Crippen LogP contribution in [0.5, 0.6) is 0 Å². The third kappa shape index (κ3) is 1.46. The summed E-state index contributed by atoms with van der Waals surface area (Å²) in [6.07, 6.45) is 0. The number of hydrogen-bond acceptors (Lipinski definition) is 0. The molecule has 8 rings (SSSR count). The molecule has 0 radical (unpaired) electrons. The maximum Gasteiger partial charge on any atom is 0.0620 e. The molecule has 0 N–H and O–H groups in total. The number of fused-ring (bicyclic) bond motifs is 10. The Morgan fingerprint density at radius 1 is 0.379 bits per heavy atom. The fraction of sp³-hybridized carbons (Fsp3) is 0. The van der Waals surface area contributed by atoms with Gasteiger partial charge in [0.25, 0.3) is 0 Å². The highest BCUT2D eigenvalue weighted by Gasteiger charge is 2.21. The number of para-hydroxylation sites is 2. The van der Waals surface area contributed by atoms with Crippen LogP contribution in [0.4, 0.5) is 0 Å². The zero-order chi connectivity index (χ0) is 18.7. The molecule has 0 aliphatic rings. The van der Waals surface area contributed by atoms with Gasteiger partial charge in [-0.05, 0) is 39.1 Å². The van der Waals surface area contributed by atoms with Gasteiger partial charge in [0, 0.05) is 26.9 Å². The molecule has 0 saturated carbocycles. The molecule has 2 aromatic heterocycles. The van der Waals surface area contributed by atoms with Crippen LogP contribution in [0.25, 0.3) is 70.4 Å². The van der Waals surface area contributed by atoms with Crippen LogP contribution in [-0.2, 0) is 0 Å². The molecule has 0 aliphatic heterocycles. The van der Waals surface area contributed by atoms with Crippen LogP contribution in [0.2, 0.25) is 0 Å². The van der Waals surface area contributed by atoms with Crippen LogP contribution in [0, 0.1) is 0 Å². The lowest BCUT2D eigenvalue weighted by molar-refractivity contribution is 1.38. The maximum atomic E-state index is 2.50. The molecule has 0 amide bonds. The van der Waals surface area contributed by atoms with Gasteiger partial charge in [-0.15, -0.1) is 0 Å². The highest BCUT2D eigenvalue weighted by molar-refractivity contribution is 6.37. The van der Waals surface area contributed by atoms with Gasteiger partial charge in [0.1, 0.15) is 0 Å². The lowest BCUT2D eigenvalue weighted by atomic mass is 10.0. The molecule has 1 nitrogen and oxygen atoms in total. The first-order valence-corrected chi connectivity index (χ1v) is 10.1. The van der Waals surface area contributed by atoms with Crippen LogP contribution in [0.1, 0.15) is 0 Å². The number of aromatic nitrogens is 1. The van der Waals surface area contributed by atoms with Crippen molar-refractivity contribution in [1.29, 1.82) is 0 Å². The van der Waals surface area contributed by atoms with Crippen molar-refractivity contribution in [3.63, 3.8) is 0 Å². The fourth-order valence-corrected chi connectivity index (χ4v) is 5.77. The first kappa shape index (κ1) is 14.2. The lowest BCUT2D eigenvalue weighted by Crippen LogP contribution is -1.83. The van der Waals surface area contributed by atoms with Crippen molar-refractivity contribution in [2.24, 2.45) is 0 Å². The Kier molecular flexibility index (Phi) is 2.25. The highest BCUT2D eigenvalue weighted by atomic mass is 14.9. The van der Waals surface area contributed by atoms with Gasteiger partial charge in [-0.2, -0.15) is 0 Å². The first-order valence-electron chi connectivity index (χ1n) is 10.1. The number of nitrogens with zero attached hydrogens (tertiary/aromatic N) is 1. The van der Waals surface area contributed by atoms with E-state index in [4.69, 9.17) is 0 Å². The Labute approximate surface area is 166 Å². The van der Waals surface area contributed by atoms with Crippen molar-refractivity contribution in [3.8, 4) is 0 Å². The molecule has 0 unspecified atom stereocenters. The molecule has 1 heteroatoms. The number of hydrogen-bond donors (Lipinski definition) is 0. The summed E-state index contributed by atoms with van der Waals surface area (Å²) in [6.45, 7) is 0. The van der Waals surface area contributed by atoms with Crippen LogP contribution in [0.15, 0.2) is 91.0 Å². The summed E-state index contributed by atoms with van der Waals surface area (Å²) in [5, 5.41) is 13.6. The van der Waals surface area contributed by atoms with Crippen LogP contribution >= 0.6 is 0 Å². The predicted molar refractivity (Wildman–Crippen MR) is 125 cm³/mol. The standard InChI is InChI=1S/C28H15N/c1-2-8-17-16(7-1)19-10-5-13-22-26(19)23(17)15-24-21-12-6-11-20-18-9-3-4-14-25(18)29(27(20)21)28(22)24/h1-15H. The molecule has 132 valence electrons. The molecule has 6 aromatic carbocycles. The van der Waals surface area contributed by atoms with Crippen LogP contribution in [-0.4, -0.2) is 4.40 Å². The third-order valence-electron chi connectivity index (χ3n) is 6.85. The van der Waals surface area contributed by atoms with E-state index in [1.165, 1.54) is 70.4 Å². The molecular formula is C28H15N. The van der Waals surface area contributed by atoms with E-state index >= 15 is 0 Å². The van der Waals surface area contributed by atoms with Gasteiger partial charge in [0.2, 0.25) is 0 Å². The Balaban J connectivity index is 1.82. The second-order valence-electron chi connectivity index (χ2n) is 8.15. The Morgan fingerprint density at radius 2 is 0.931 bits per heavy atom. The molecule has 0 spiro atoms. The maximum absolute atomic E-state index is 2.50. The third-order valence-corrected chi connectivity index (χ3v) is 6.85. The quantitative estimate of drug-likeness (QED) is 0.259. The van der Waals surface area contributed by atoms with Crippen molar-refractivity contribution < 1.29 is 0 Å². The van der Waals surface area contributed by atoms with E-state index in [1.807, 2.05) is 0 Å².